The van der Waals surface area contributed by atoms with Crippen LogP contribution in [-0.2, 0) is 17.6 Å². The highest BCUT2D eigenvalue weighted by molar-refractivity contribution is 14.0. The molecule has 0 saturated carbocycles. The fraction of sp³-hybridized carbons (Fsp3) is 0.435. The number of fused-ring (bicyclic) bond motifs is 1. The molecular weight excluding hydrogens is 491 g/mol. The maximum Gasteiger partial charge on any atom is 0.191 e. The van der Waals surface area contributed by atoms with Crippen molar-refractivity contribution >= 4 is 40.8 Å². The van der Waals surface area contributed by atoms with E-state index < -0.39 is 0 Å². The molecule has 162 valence electrons. The molecule has 1 saturated heterocycles. The number of H-pyrrole nitrogens is 1. The van der Waals surface area contributed by atoms with Gasteiger partial charge in [-0.3, -0.25) is 4.99 Å². The second-order valence-electron chi connectivity index (χ2n) is 7.57. The molecule has 1 aliphatic rings. The number of rotatable bonds is 8. The molecule has 0 spiro atoms. The molecule has 6 nitrogen and oxygen atoms in total. The summed E-state index contributed by atoms with van der Waals surface area (Å²) in [4.78, 5) is 8.13. The van der Waals surface area contributed by atoms with Gasteiger partial charge in [-0.2, -0.15) is 0 Å². The van der Waals surface area contributed by atoms with Gasteiger partial charge >= 0.3 is 0 Å². The number of aryl methyl sites for hydroxylation is 1. The van der Waals surface area contributed by atoms with E-state index in [4.69, 9.17) is 14.1 Å². The van der Waals surface area contributed by atoms with Gasteiger partial charge in [0.25, 0.3) is 0 Å². The van der Waals surface area contributed by atoms with E-state index >= 15 is 0 Å². The van der Waals surface area contributed by atoms with Crippen molar-refractivity contribution in [3.63, 3.8) is 0 Å². The van der Waals surface area contributed by atoms with Gasteiger partial charge in [0.15, 0.2) is 5.96 Å². The van der Waals surface area contributed by atoms with E-state index in [0.717, 1.165) is 57.1 Å². The first-order chi connectivity index (χ1) is 14.3. The van der Waals surface area contributed by atoms with E-state index in [1.807, 2.05) is 12.1 Å². The molecule has 3 aromatic rings. The number of hydrogen-bond acceptors (Lipinski definition) is 3. The Bertz CT molecular complexity index is 930. The van der Waals surface area contributed by atoms with Gasteiger partial charge in [0, 0.05) is 43.2 Å². The van der Waals surface area contributed by atoms with Crippen molar-refractivity contribution in [3.05, 3.63) is 59.7 Å². The second kappa shape index (κ2) is 11.4. The molecule has 1 aliphatic heterocycles. The number of nitrogens with zero attached hydrogens (tertiary/aromatic N) is 1. The highest BCUT2D eigenvalue weighted by atomic mass is 127. The number of guanidine groups is 1. The smallest absolute Gasteiger partial charge is 0.191 e. The van der Waals surface area contributed by atoms with Gasteiger partial charge in [-0.25, -0.2) is 0 Å². The summed E-state index contributed by atoms with van der Waals surface area (Å²) in [5.74, 6) is 1.81. The van der Waals surface area contributed by atoms with Crippen LogP contribution in [0.1, 0.15) is 29.7 Å². The maximum atomic E-state index is 5.71. The third kappa shape index (κ3) is 6.01. The molecule has 4 rings (SSSR count). The van der Waals surface area contributed by atoms with Gasteiger partial charge in [-0.05, 0) is 55.5 Å². The van der Waals surface area contributed by atoms with E-state index in [2.05, 4.69) is 46.9 Å². The van der Waals surface area contributed by atoms with Crippen molar-refractivity contribution in [2.45, 2.75) is 38.7 Å². The van der Waals surface area contributed by atoms with Gasteiger partial charge in [0.05, 0.1) is 18.9 Å². The topological polar surface area (TPSA) is 74.6 Å². The maximum absolute atomic E-state index is 5.71. The van der Waals surface area contributed by atoms with Crippen LogP contribution in [0.4, 0.5) is 0 Å². The Morgan fingerprint density at radius 1 is 1.17 bits per heavy atom. The van der Waals surface area contributed by atoms with Crippen LogP contribution in [0.25, 0.3) is 10.9 Å². The molecular formula is C23H31IN4O2. The summed E-state index contributed by atoms with van der Waals surface area (Å²) in [7, 11) is 0. The molecule has 3 heterocycles. The Balaban J connectivity index is 0.00000256. The van der Waals surface area contributed by atoms with Crippen LogP contribution in [0.15, 0.2) is 52.2 Å². The van der Waals surface area contributed by atoms with Crippen LogP contribution >= 0.6 is 24.0 Å². The summed E-state index contributed by atoms with van der Waals surface area (Å²) in [6.07, 6.45) is 8.07. The second-order valence-corrected chi connectivity index (χ2v) is 7.57. The van der Waals surface area contributed by atoms with Crippen molar-refractivity contribution < 1.29 is 9.15 Å². The van der Waals surface area contributed by atoms with Crippen molar-refractivity contribution in [1.82, 2.24) is 15.6 Å². The quantitative estimate of drug-likeness (QED) is 0.236. The van der Waals surface area contributed by atoms with Crippen molar-refractivity contribution in [1.29, 1.82) is 0 Å². The van der Waals surface area contributed by atoms with E-state index in [9.17, 15) is 0 Å². The van der Waals surface area contributed by atoms with Crippen molar-refractivity contribution in [2.24, 2.45) is 4.99 Å². The van der Waals surface area contributed by atoms with Crippen LogP contribution in [0.3, 0.4) is 0 Å². The van der Waals surface area contributed by atoms with Gasteiger partial charge in [0.1, 0.15) is 5.76 Å². The number of halogens is 1. The van der Waals surface area contributed by atoms with Gasteiger partial charge in [-0.15, -0.1) is 24.0 Å². The van der Waals surface area contributed by atoms with E-state index in [0.29, 0.717) is 6.54 Å². The number of ether oxygens (including phenoxy) is 1. The Hall–Kier alpha value is -2.00. The molecule has 3 N–H and O–H groups in total. The Morgan fingerprint density at radius 2 is 2.03 bits per heavy atom. The van der Waals surface area contributed by atoms with Crippen LogP contribution in [0, 0.1) is 6.92 Å². The highest BCUT2D eigenvalue weighted by Gasteiger charge is 2.15. The van der Waals surface area contributed by atoms with Crippen LogP contribution < -0.4 is 10.6 Å². The van der Waals surface area contributed by atoms with E-state index in [-0.39, 0.29) is 30.1 Å². The summed E-state index contributed by atoms with van der Waals surface area (Å²) in [6.45, 7) is 5.31. The summed E-state index contributed by atoms with van der Waals surface area (Å²) >= 11 is 0. The summed E-state index contributed by atoms with van der Waals surface area (Å²) in [5.41, 5.74) is 3.84. The summed E-state index contributed by atoms with van der Waals surface area (Å²) in [6, 6.07) is 10.3. The number of hydrogen-bond donors (Lipinski definition) is 3. The van der Waals surface area contributed by atoms with Crippen molar-refractivity contribution in [3.8, 4) is 0 Å². The minimum Gasteiger partial charge on any atom is -0.469 e. The molecule has 1 unspecified atom stereocenters. The Labute approximate surface area is 194 Å². The van der Waals surface area contributed by atoms with Crippen molar-refractivity contribution in [2.75, 3.05) is 26.2 Å². The largest absolute Gasteiger partial charge is 0.469 e. The first-order valence-corrected chi connectivity index (χ1v) is 10.5. The van der Waals surface area contributed by atoms with Gasteiger partial charge in [-0.1, -0.05) is 12.1 Å². The first kappa shape index (κ1) is 22.7. The monoisotopic (exact) mass is 522 g/mol. The standard InChI is InChI=1S/C23H30N4O2.HI/c1-17-5-2-8-21-22(17)18(15-26-21)9-11-24-23(27-16-20-7-4-14-29-20)25-12-10-19-6-3-13-28-19;/h2-3,5-6,8,13,15,20,26H,4,7,9-12,14,16H2,1H3,(H2,24,25,27);1H. The van der Waals surface area contributed by atoms with E-state index in [1.54, 1.807) is 6.26 Å². The molecule has 2 aromatic heterocycles. The number of benzene rings is 1. The molecule has 1 fully saturated rings. The Kier molecular flexibility index (Phi) is 8.62. The molecule has 0 amide bonds. The summed E-state index contributed by atoms with van der Waals surface area (Å²) in [5, 5.41) is 8.24. The minimum atomic E-state index is 0. The zero-order chi connectivity index (χ0) is 19.9. The fourth-order valence-electron chi connectivity index (χ4n) is 3.88. The normalized spacial score (nSPS) is 16.6. The lowest BCUT2D eigenvalue weighted by Crippen LogP contribution is -2.40. The number of aliphatic imine (C=N–C) groups is 1. The fourth-order valence-corrected chi connectivity index (χ4v) is 3.88. The van der Waals surface area contributed by atoms with Gasteiger partial charge < -0.3 is 24.8 Å². The lowest BCUT2D eigenvalue weighted by molar-refractivity contribution is 0.117. The molecule has 30 heavy (non-hydrogen) atoms. The zero-order valence-electron chi connectivity index (χ0n) is 17.4. The molecule has 1 aromatic carbocycles. The number of furan rings is 1. The number of aromatic amines is 1. The average Bonchev–Trinajstić information content (AvgIpc) is 3.48. The lowest BCUT2D eigenvalue weighted by Gasteiger charge is -2.14. The van der Waals surface area contributed by atoms with Crippen LogP contribution in [0.5, 0.6) is 0 Å². The SMILES string of the molecule is Cc1cccc2[nH]cc(CCNC(=NCC3CCCO3)NCCc3ccco3)c12.I. The number of aromatic nitrogens is 1. The zero-order valence-corrected chi connectivity index (χ0v) is 19.8. The van der Waals surface area contributed by atoms with E-state index in [1.165, 1.54) is 22.0 Å². The molecule has 1 atom stereocenters. The van der Waals surface area contributed by atoms with Crippen LogP contribution in [-0.4, -0.2) is 43.3 Å². The number of nitrogens with one attached hydrogen (secondary N) is 3. The third-order valence-corrected chi connectivity index (χ3v) is 5.40. The predicted octanol–water partition coefficient (Wildman–Crippen LogP) is 4.19. The Morgan fingerprint density at radius 3 is 2.80 bits per heavy atom. The molecule has 0 radical (unpaired) electrons. The molecule has 0 bridgehead atoms. The predicted molar refractivity (Wildman–Crippen MR) is 132 cm³/mol. The summed E-state index contributed by atoms with van der Waals surface area (Å²) < 4.78 is 11.1. The lowest BCUT2D eigenvalue weighted by atomic mass is 10.1. The third-order valence-electron chi connectivity index (χ3n) is 5.40. The van der Waals surface area contributed by atoms with Gasteiger partial charge in [0.2, 0.25) is 0 Å². The minimum absolute atomic E-state index is 0. The average molecular weight is 522 g/mol. The first-order valence-electron chi connectivity index (χ1n) is 10.5. The van der Waals surface area contributed by atoms with Crippen LogP contribution in [0.2, 0.25) is 0 Å². The molecule has 7 heteroatoms. The highest BCUT2D eigenvalue weighted by Crippen LogP contribution is 2.22. The molecule has 0 aliphatic carbocycles.